The van der Waals surface area contributed by atoms with E-state index in [2.05, 4.69) is 15.9 Å². The molecule has 174 valence electrons. The second-order valence-corrected chi connectivity index (χ2v) is 9.93. The summed E-state index contributed by atoms with van der Waals surface area (Å²) in [7, 11) is -4.21. The van der Waals surface area contributed by atoms with Crippen LogP contribution in [-0.2, 0) is 23.2 Å². The molecule has 4 atom stereocenters. The minimum atomic E-state index is -4.21. The van der Waals surface area contributed by atoms with Gasteiger partial charge in [-0.05, 0) is 38.0 Å². The summed E-state index contributed by atoms with van der Waals surface area (Å²) in [5.74, 6) is -0.255. The summed E-state index contributed by atoms with van der Waals surface area (Å²) < 4.78 is 20.9. The first-order chi connectivity index (χ1) is 13.9. The van der Waals surface area contributed by atoms with Crippen molar-refractivity contribution in [3.63, 3.8) is 0 Å². The van der Waals surface area contributed by atoms with E-state index in [0.717, 1.165) is 6.29 Å². The lowest BCUT2D eigenvalue weighted by Crippen LogP contribution is -2.35. The number of nitrogens with zero attached hydrogens (tertiary/aromatic N) is 1. The maximum atomic E-state index is 12.1. The van der Waals surface area contributed by atoms with Crippen molar-refractivity contribution >= 4 is 20.0 Å². The number of nitriles is 1. The molecule has 0 aliphatic rings. The quantitative estimate of drug-likeness (QED) is 0.186. The summed E-state index contributed by atoms with van der Waals surface area (Å²) >= 11 is 0. The first kappa shape index (κ1) is 28.7. The molecular formula is C20H37N2O7P. The van der Waals surface area contributed by atoms with Gasteiger partial charge in [-0.3, -0.25) is 13.8 Å². The third-order valence-electron chi connectivity index (χ3n) is 5.78. The fraction of sp³-hybridized carbons (Fsp3) is 0.850. The maximum absolute atomic E-state index is 12.1. The molecule has 0 aliphatic carbocycles. The third-order valence-corrected chi connectivity index (χ3v) is 6.80. The SMILES string of the molecule is CC(CC(C)(C=O)C(C)C)C(C)(C#N)CCC(=O)NCCOP(=O)(O)OCCCO. The van der Waals surface area contributed by atoms with E-state index in [4.69, 9.17) is 9.63 Å². The van der Waals surface area contributed by atoms with Crippen LogP contribution in [0, 0.1) is 34.0 Å². The fourth-order valence-electron chi connectivity index (χ4n) is 2.81. The van der Waals surface area contributed by atoms with Crippen LogP contribution in [0.5, 0.6) is 0 Å². The Kier molecular flexibility index (Phi) is 12.6. The summed E-state index contributed by atoms with van der Waals surface area (Å²) in [6, 6.07) is 2.31. The van der Waals surface area contributed by atoms with Gasteiger partial charge in [0.1, 0.15) is 6.29 Å². The summed E-state index contributed by atoms with van der Waals surface area (Å²) in [6.07, 6.45) is 2.15. The van der Waals surface area contributed by atoms with E-state index in [0.29, 0.717) is 12.8 Å². The van der Waals surface area contributed by atoms with E-state index in [1.807, 2.05) is 27.7 Å². The zero-order valence-electron chi connectivity index (χ0n) is 18.7. The van der Waals surface area contributed by atoms with E-state index in [1.54, 1.807) is 6.92 Å². The minimum absolute atomic E-state index is 0.0160. The fourth-order valence-corrected chi connectivity index (χ4v) is 3.57. The van der Waals surface area contributed by atoms with Crippen LogP contribution in [0.15, 0.2) is 0 Å². The van der Waals surface area contributed by atoms with Crippen molar-refractivity contribution in [2.45, 2.75) is 60.3 Å². The number of phosphoric acid groups is 1. The lowest BCUT2D eigenvalue weighted by molar-refractivity contribution is -0.122. The number of hydrogen-bond donors (Lipinski definition) is 3. The number of rotatable bonds is 16. The first-order valence-electron chi connectivity index (χ1n) is 10.2. The van der Waals surface area contributed by atoms with Crippen molar-refractivity contribution in [3.8, 4) is 6.07 Å². The predicted octanol–water partition coefficient (Wildman–Crippen LogP) is 2.82. The molecule has 30 heavy (non-hydrogen) atoms. The molecule has 9 nitrogen and oxygen atoms in total. The van der Waals surface area contributed by atoms with Gasteiger partial charge in [-0.1, -0.05) is 27.7 Å². The summed E-state index contributed by atoms with van der Waals surface area (Å²) in [6.45, 7) is 9.09. The Morgan fingerprint density at radius 3 is 2.37 bits per heavy atom. The topological polar surface area (TPSA) is 146 Å². The van der Waals surface area contributed by atoms with Gasteiger partial charge in [0.25, 0.3) is 0 Å². The van der Waals surface area contributed by atoms with Crippen molar-refractivity contribution in [2.75, 3.05) is 26.4 Å². The molecule has 0 bridgehead atoms. The molecule has 0 aromatic carbocycles. The zero-order chi connectivity index (χ0) is 23.4. The van der Waals surface area contributed by atoms with Gasteiger partial charge in [-0.15, -0.1) is 0 Å². The molecule has 0 aromatic rings. The number of hydrogen-bond acceptors (Lipinski definition) is 7. The van der Waals surface area contributed by atoms with E-state index in [9.17, 15) is 24.3 Å². The van der Waals surface area contributed by atoms with Crippen LogP contribution in [0.3, 0.4) is 0 Å². The molecule has 0 radical (unpaired) electrons. The number of nitrogens with one attached hydrogen (secondary N) is 1. The molecule has 0 saturated heterocycles. The van der Waals surface area contributed by atoms with Gasteiger partial charge in [-0.25, -0.2) is 4.57 Å². The van der Waals surface area contributed by atoms with Crippen LogP contribution < -0.4 is 5.32 Å². The number of carbonyl (C=O) groups is 2. The van der Waals surface area contributed by atoms with Crippen molar-refractivity contribution < 1.29 is 33.2 Å². The van der Waals surface area contributed by atoms with Crippen molar-refractivity contribution in [2.24, 2.45) is 22.7 Å². The summed E-state index contributed by atoms with van der Waals surface area (Å²) in [4.78, 5) is 33.1. The van der Waals surface area contributed by atoms with Crippen LogP contribution in [-0.4, -0.2) is 48.6 Å². The number of aldehydes is 1. The van der Waals surface area contributed by atoms with Crippen molar-refractivity contribution in [1.29, 1.82) is 5.26 Å². The molecule has 1 amide bonds. The average Bonchev–Trinajstić information content (AvgIpc) is 2.69. The molecule has 0 fully saturated rings. The first-order valence-corrected chi connectivity index (χ1v) is 11.7. The zero-order valence-corrected chi connectivity index (χ0v) is 19.6. The molecule has 0 heterocycles. The summed E-state index contributed by atoms with van der Waals surface area (Å²) in [5, 5.41) is 20.9. The van der Waals surface area contributed by atoms with Crippen LogP contribution >= 0.6 is 7.82 Å². The van der Waals surface area contributed by atoms with Crippen LogP contribution in [0.25, 0.3) is 0 Å². The number of phosphoric ester groups is 1. The second-order valence-electron chi connectivity index (χ2n) is 8.47. The van der Waals surface area contributed by atoms with E-state index in [1.165, 1.54) is 0 Å². The molecule has 0 aromatic heterocycles. The maximum Gasteiger partial charge on any atom is 0.472 e. The van der Waals surface area contributed by atoms with Gasteiger partial charge >= 0.3 is 7.82 Å². The van der Waals surface area contributed by atoms with Crippen LogP contribution in [0.2, 0.25) is 0 Å². The normalized spacial score (nSPS) is 18.5. The molecule has 10 heteroatoms. The number of aliphatic hydroxyl groups excluding tert-OH is 1. The van der Waals surface area contributed by atoms with Crippen LogP contribution in [0.1, 0.15) is 60.3 Å². The predicted molar refractivity (Wildman–Crippen MR) is 112 cm³/mol. The molecule has 0 saturated carbocycles. The molecule has 4 unspecified atom stereocenters. The van der Waals surface area contributed by atoms with Gasteiger partial charge in [0.15, 0.2) is 0 Å². The Labute approximate surface area is 179 Å². The Balaban J connectivity index is 4.50. The lowest BCUT2D eigenvalue weighted by Gasteiger charge is -2.36. The summed E-state index contributed by atoms with van der Waals surface area (Å²) in [5.41, 5.74) is -1.30. The number of carbonyl (C=O) groups excluding carboxylic acids is 2. The average molecular weight is 448 g/mol. The Hall–Kier alpha value is -1.30. The van der Waals surface area contributed by atoms with E-state index >= 15 is 0 Å². The molecule has 0 aliphatic heterocycles. The highest BCUT2D eigenvalue weighted by molar-refractivity contribution is 7.47. The van der Waals surface area contributed by atoms with Gasteiger partial charge in [0.05, 0.1) is 24.7 Å². The monoisotopic (exact) mass is 448 g/mol. The number of amides is 1. The highest BCUT2D eigenvalue weighted by Crippen LogP contribution is 2.43. The Morgan fingerprint density at radius 1 is 1.27 bits per heavy atom. The highest BCUT2D eigenvalue weighted by Gasteiger charge is 2.38. The van der Waals surface area contributed by atoms with Gasteiger partial charge < -0.3 is 20.1 Å². The van der Waals surface area contributed by atoms with E-state index in [-0.39, 0.29) is 57.0 Å². The second kappa shape index (κ2) is 13.2. The van der Waals surface area contributed by atoms with E-state index < -0.39 is 18.7 Å². The van der Waals surface area contributed by atoms with Gasteiger partial charge in [0, 0.05) is 25.0 Å². The molecule has 0 rings (SSSR count). The van der Waals surface area contributed by atoms with Gasteiger partial charge in [-0.2, -0.15) is 5.26 Å². The van der Waals surface area contributed by atoms with Crippen molar-refractivity contribution in [1.82, 2.24) is 5.32 Å². The Morgan fingerprint density at radius 2 is 1.87 bits per heavy atom. The van der Waals surface area contributed by atoms with Crippen LogP contribution in [0.4, 0.5) is 0 Å². The molecule has 3 N–H and O–H groups in total. The smallest absolute Gasteiger partial charge is 0.396 e. The standard InChI is InChI=1S/C20H37N2O7P/c1-16(2)20(5,15-24)13-17(3)19(4,14-21)8-7-18(25)22-9-12-29-30(26,27)28-11-6-10-23/h15-17,23H,6-13H2,1-5H3,(H,22,25)(H,26,27). The molecular weight excluding hydrogens is 411 g/mol. The lowest BCUT2D eigenvalue weighted by atomic mass is 9.66. The van der Waals surface area contributed by atoms with Crippen molar-refractivity contribution in [3.05, 3.63) is 0 Å². The highest BCUT2D eigenvalue weighted by atomic mass is 31.2. The third kappa shape index (κ3) is 10.1. The molecule has 0 spiro atoms. The largest absolute Gasteiger partial charge is 0.472 e. The number of aliphatic hydroxyl groups is 1. The van der Waals surface area contributed by atoms with Gasteiger partial charge in [0.2, 0.25) is 5.91 Å². The Bertz CT molecular complexity index is 637. The minimum Gasteiger partial charge on any atom is -0.396 e.